The highest BCUT2D eigenvalue weighted by Crippen LogP contribution is 2.50. The number of carbonyl (C=O) groups excluding carboxylic acids is 1. The third kappa shape index (κ3) is 3.55. The minimum absolute atomic E-state index is 0.0120. The Kier molecular flexibility index (Phi) is 5.47. The van der Waals surface area contributed by atoms with E-state index in [9.17, 15) is 10.1 Å². The number of allylic oxidation sites excluding steroid dienone is 3. The molecule has 0 spiro atoms. The van der Waals surface area contributed by atoms with Crippen molar-refractivity contribution >= 4 is 34.0 Å². The van der Waals surface area contributed by atoms with Crippen molar-refractivity contribution in [3.05, 3.63) is 46.8 Å². The summed E-state index contributed by atoms with van der Waals surface area (Å²) in [6.07, 6.45) is 3.63. The molecule has 0 saturated heterocycles. The van der Waals surface area contributed by atoms with Crippen LogP contribution in [0.2, 0.25) is 0 Å². The van der Waals surface area contributed by atoms with Gasteiger partial charge >= 0.3 is 0 Å². The van der Waals surface area contributed by atoms with Gasteiger partial charge in [-0.1, -0.05) is 43.9 Å². The first-order valence-electron chi connectivity index (χ1n) is 9.82. The van der Waals surface area contributed by atoms with Crippen molar-refractivity contribution in [2.24, 2.45) is 11.1 Å². The number of thioether (sulfide) groups is 1. The van der Waals surface area contributed by atoms with Gasteiger partial charge in [-0.2, -0.15) is 5.26 Å². The van der Waals surface area contributed by atoms with Crippen molar-refractivity contribution in [2.45, 2.75) is 50.3 Å². The van der Waals surface area contributed by atoms with Crippen LogP contribution >= 0.6 is 23.1 Å². The van der Waals surface area contributed by atoms with Gasteiger partial charge in [-0.15, -0.1) is 10.2 Å². The van der Waals surface area contributed by atoms with Gasteiger partial charge in [0, 0.05) is 23.4 Å². The third-order valence-electron chi connectivity index (χ3n) is 5.23. The van der Waals surface area contributed by atoms with Gasteiger partial charge < -0.3 is 10.2 Å². The largest absolute Gasteiger partial charge is 0.468 e. The summed E-state index contributed by atoms with van der Waals surface area (Å²) >= 11 is 3.07. The number of nitrogens with two attached hydrogens (primary N) is 1. The molecule has 4 rings (SSSR count). The predicted molar refractivity (Wildman–Crippen MR) is 117 cm³/mol. The Bertz CT molecular complexity index is 1080. The smallest absolute Gasteiger partial charge is 0.219 e. The van der Waals surface area contributed by atoms with Crippen LogP contribution in [-0.4, -0.2) is 21.7 Å². The molecule has 2 aliphatic rings. The van der Waals surface area contributed by atoms with Crippen molar-refractivity contribution in [3.8, 4) is 6.07 Å². The Morgan fingerprint density at radius 1 is 1.43 bits per heavy atom. The number of aromatic nitrogens is 2. The van der Waals surface area contributed by atoms with E-state index in [1.807, 2.05) is 0 Å². The average Bonchev–Trinajstić information content (AvgIpc) is 3.36. The zero-order valence-corrected chi connectivity index (χ0v) is 18.8. The van der Waals surface area contributed by atoms with Gasteiger partial charge in [-0.25, -0.2) is 0 Å². The van der Waals surface area contributed by atoms with E-state index >= 15 is 0 Å². The molecule has 0 radical (unpaired) electrons. The number of carbonyl (C=O) groups is 1. The molecule has 30 heavy (non-hydrogen) atoms. The van der Waals surface area contributed by atoms with E-state index in [0.717, 1.165) is 22.2 Å². The molecular weight excluding hydrogens is 418 g/mol. The Morgan fingerprint density at radius 2 is 2.23 bits per heavy atom. The molecular formula is C21H23N5O2S2. The maximum absolute atomic E-state index is 13.3. The van der Waals surface area contributed by atoms with Crippen molar-refractivity contribution < 1.29 is 9.21 Å². The van der Waals surface area contributed by atoms with E-state index in [1.165, 1.54) is 11.3 Å². The molecule has 0 bridgehead atoms. The number of furan rings is 1. The second kappa shape index (κ2) is 7.93. The van der Waals surface area contributed by atoms with E-state index in [-0.39, 0.29) is 17.0 Å². The lowest BCUT2D eigenvalue weighted by atomic mass is 9.69. The van der Waals surface area contributed by atoms with Crippen LogP contribution in [0.5, 0.6) is 0 Å². The standard InChI is InChI=1S/C21H23N5O2S2/c1-4-8-29-20-25-24-19(30-20)26-13-9-21(2,3)10-14(27)17(13)16(12(11-22)18(26)23)15-6-5-7-28-15/h5-7,16H,4,8-10,23H2,1-3H3. The number of anilines is 1. The van der Waals surface area contributed by atoms with Gasteiger partial charge in [0.05, 0.1) is 23.8 Å². The average molecular weight is 442 g/mol. The van der Waals surface area contributed by atoms with E-state index in [4.69, 9.17) is 10.2 Å². The summed E-state index contributed by atoms with van der Waals surface area (Å²) in [5.74, 6) is 1.20. The molecule has 2 aromatic rings. The first kappa shape index (κ1) is 20.7. The number of rotatable bonds is 5. The number of nitriles is 1. The summed E-state index contributed by atoms with van der Waals surface area (Å²) in [4.78, 5) is 15.1. The monoisotopic (exact) mass is 441 g/mol. The minimum atomic E-state index is -0.596. The molecule has 2 aromatic heterocycles. The Morgan fingerprint density at radius 3 is 2.90 bits per heavy atom. The van der Waals surface area contributed by atoms with E-state index in [1.54, 1.807) is 35.1 Å². The van der Waals surface area contributed by atoms with Crippen LogP contribution in [-0.2, 0) is 4.79 Å². The van der Waals surface area contributed by atoms with E-state index in [2.05, 4.69) is 37.0 Å². The van der Waals surface area contributed by atoms with Crippen LogP contribution in [0.25, 0.3) is 0 Å². The first-order chi connectivity index (χ1) is 14.4. The molecule has 1 aliphatic heterocycles. The van der Waals surface area contributed by atoms with Gasteiger partial charge in [-0.3, -0.25) is 9.69 Å². The number of nitrogens with zero attached hydrogens (tertiary/aromatic N) is 4. The van der Waals surface area contributed by atoms with Crippen molar-refractivity contribution in [1.82, 2.24) is 10.2 Å². The van der Waals surface area contributed by atoms with Crippen molar-refractivity contribution in [3.63, 3.8) is 0 Å². The van der Waals surface area contributed by atoms with Crippen LogP contribution in [0, 0.1) is 16.7 Å². The van der Waals surface area contributed by atoms with Gasteiger partial charge in [0.2, 0.25) is 5.13 Å². The van der Waals surface area contributed by atoms with Crippen LogP contribution in [0.1, 0.15) is 51.7 Å². The van der Waals surface area contributed by atoms with Crippen molar-refractivity contribution in [1.29, 1.82) is 5.26 Å². The highest BCUT2D eigenvalue weighted by atomic mass is 32.2. The lowest BCUT2D eigenvalue weighted by Gasteiger charge is -2.42. The molecule has 3 heterocycles. The van der Waals surface area contributed by atoms with Crippen LogP contribution in [0.3, 0.4) is 0 Å². The molecule has 1 atom stereocenters. The number of hydrogen-bond donors (Lipinski definition) is 1. The molecule has 156 valence electrons. The maximum Gasteiger partial charge on any atom is 0.219 e. The zero-order chi connectivity index (χ0) is 21.5. The molecule has 0 aromatic carbocycles. The Balaban J connectivity index is 1.89. The molecule has 0 saturated carbocycles. The van der Waals surface area contributed by atoms with Crippen LogP contribution < -0.4 is 10.6 Å². The Labute approximate surface area is 183 Å². The number of Topliss-reactive ketones (excluding diaryl/α,β-unsaturated/α-hetero) is 1. The topological polar surface area (TPSA) is 109 Å². The Hall–Kier alpha value is -2.57. The summed E-state index contributed by atoms with van der Waals surface area (Å²) in [6.45, 7) is 6.25. The lowest BCUT2D eigenvalue weighted by molar-refractivity contribution is -0.118. The number of hydrogen-bond acceptors (Lipinski definition) is 9. The van der Waals surface area contributed by atoms with Gasteiger partial charge in [0.1, 0.15) is 11.6 Å². The summed E-state index contributed by atoms with van der Waals surface area (Å²) in [7, 11) is 0. The summed E-state index contributed by atoms with van der Waals surface area (Å²) in [5.41, 5.74) is 7.98. The van der Waals surface area contributed by atoms with Gasteiger partial charge in [-0.05, 0) is 30.4 Å². The molecule has 9 heteroatoms. The second-order valence-corrected chi connectivity index (χ2v) is 10.5. The second-order valence-electron chi connectivity index (χ2n) is 8.19. The highest BCUT2D eigenvalue weighted by Gasteiger charge is 2.46. The first-order valence-corrected chi connectivity index (χ1v) is 11.6. The third-order valence-corrected chi connectivity index (χ3v) is 7.47. The molecule has 1 aliphatic carbocycles. The molecule has 2 N–H and O–H groups in total. The predicted octanol–water partition coefficient (Wildman–Crippen LogP) is 4.57. The molecule has 1 unspecified atom stereocenters. The van der Waals surface area contributed by atoms with Crippen LogP contribution in [0.15, 0.2) is 49.8 Å². The fourth-order valence-corrected chi connectivity index (χ4v) is 5.81. The maximum atomic E-state index is 13.3. The van der Waals surface area contributed by atoms with Gasteiger partial charge in [0.25, 0.3) is 0 Å². The lowest BCUT2D eigenvalue weighted by Crippen LogP contribution is -2.42. The SMILES string of the molecule is CCCSc1nnc(N2C(N)=C(C#N)C(c3ccco3)C3=C2CC(C)(C)CC3=O)s1. The zero-order valence-electron chi connectivity index (χ0n) is 17.1. The quantitative estimate of drug-likeness (QED) is 0.672. The fraction of sp³-hybridized carbons (Fsp3) is 0.429. The van der Waals surface area contributed by atoms with E-state index in [0.29, 0.717) is 34.9 Å². The normalized spacial score (nSPS) is 21.1. The fourth-order valence-electron chi connectivity index (χ4n) is 4.01. The van der Waals surface area contributed by atoms with E-state index < -0.39 is 5.92 Å². The number of ketones is 1. The molecule has 0 amide bonds. The molecule has 7 nitrogen and oxygen atoms in total. The van der Waals surface area contributed by atoms with Gasteiger partial charge in [0.15, 0.2) is 10.1 Å². The summed E-state index contributed by atoms with van der Waals surface area (Å²) in [6, 6.07) is 5.77. The summed E-state index contributed by atoms with van der Waals surface area (Å²) in [5, 5.41) is 19.2. The van der Waals surface area contributed by atoms with Crippen molar-refractivity contribution in [2.75, 3.05) is 10.7 Å². The van der Waals surface area contributed by atoms with Crippen LogP contribution in [0.4, 0.5) is 5.13 Å². The summed E-state index contributed by atoms with van der Waals surface area (Å²) < 4.78 is 6.46. The highest BCUT2D eigenvalue weighted by molar-refractivity contribution is 8.01. The molecule has 0 fully saturated rings. The minimum Gasteiger partial charge on any atom is -0.468 e.